The van der Waals surface area contributed by atoms with Gasteiger partial charge in [0.2, 0.25) is 6.29 Å². The van der Waals surface area contributed by atoms with Crippen LogP contribution in [0.3, 0.4) is 0 Å². The number of ether oxygens (including phenoxy) is 4. The van der Waals surface area contributed by atoms with E-state index >= 15 is 0 Å². The first-order valence-corrected chi connectivity index (χ1v) is 12.7. The van der Waals surface area contributed by atoms with Gasteiger partial charge < -0.3 is 34.3 Å². The molecule has 0 aromatic rings. The van der Waals surface area contributed by atoms with E-state index < -0.39 is 81.8 Å². The van der Waals surface area contributed by atoms with Crippen molar-refractivity contribution in [1.29, 1.82) is 0 Å². The minimum atomic E-state index is -1.47. The van der Waals surface area contributed by atoms with Gasteiger partial charge in [-0.2, -0.15) is 0 Å². The Balaban J connectivity index is 1.52. The normalized spacial score (nSPS) is 50.8. The van der Waals surface area contributed by atoms with Crippen molar-refractivity contribution in [2.75, 3.05) is 6.61 Å². The molecule has 0 aromatic carbocycles. The van der Waals surface area contributed by atoms with Crippen LogP contribution in [0.4, 0.5) is 0 Å². The van der Waals surface area contributed by atoms with E-state index in [1.807, 2.05) is 6.92 Å². The Kier molecular flexibility index (Phi) is 4.85. The number of fused-ring (bicyclic) bond motifs is 2. The largest absolute Gasteiger partial charge is 0.465 e. The third kappa shape index (κ3) is 2.76. The predicted octanol–water partition coefficient (Wildman–Crippen LogP) is -0.0723. The summed E-state index contributed by atoms with van der Waals surface area (Å²) in [6.07, 6.45) is -3.36. The van der Waals surface area contributed by atoms with Gasteiger partial charge in [0.25, 0.3) is 0 Å². The zero-order chi connectivity index (χ0) is 26.9. The Morgan fingerprint density at radius 3 is 2.32 bits per heavy atom. The molecule has 11 heteroatoms. The Bertz CT molecular complexity index is 1150. The number of aliphatic hydroxyl groups excluding tert-OH is 2. The molecule has 37 heavy (non-hydrogen) atoms. The average molecular weight is 521 g/mol. The van der Waals surface area contributed by atoms with Crippen LogP contribution in [0.1, 0.15) is 53.4 Å². The summed E-state index contributed by atoms with van der Waals surface area (Å²) >= 11 is 0. The number of hydrogen-bond acceptors (Lipinski definition) is 11. The Morgan fingerprint density at radius 2 is 1.73 bits per heavy atom. The molecular formula is C26H32O11. The topological polar surface area (TPSA) is 169 Å². The van der Waals surface area contributed by atoms with E-state index in [-0.39, 0.29) is 30.8 Å². The molecule has 6 aliphatic rings. The standard InChI is InChI=1S/C26H32O11/c1-22(2,33)13-8-14(27)24(4)12(25(13)10-34-16(29)9-15(25)28)5-6-23(3)18(11-7-17(30)35-20(11)31)36-21(32)19-26(23,24)37-19/h7,12-13,15,17-19,28,30,33H,5-6,8-10H2,1-4H3/t12-,13-,15-,17+,18-,19-,23+,24-,25-,26+/m0/s1. The minimum absolute atomic E-state index is 0.00213. The van der Waals surface area contributed by atoms with Gasteiger partial charge in [-0.3, -0.25) is 9.59 Å². The van der Waals surface area contributed by atoms with E-state index in [0.29, 0.717) is 12.8 Å². The number of aliphatic hydroxyl groups is 3. The van der Waals surface area contributed by atoms with Crippen molar-refractivity contribution >= 4 is 23.7 Å². The van der Waals surface area contributed by atoms with Crippen molar-refractivity contribution in [3.8, 4) is 0 Å². The number of carbonyl (C=O) groups excluding carboxylic acids is 4. The maximum atomic E-state index is 14.2. The van der Waals surface area contributed by atoms with E-state index in [4.69, 9.17) is 18.9 Å². The summed E-state index contributed by atoms with van der Waals surface area (Å²) in [5, 5.41) is 32.5. The van der Waals surface area contributed by atoms with Crippen LogP contribution in [0.2, 0.25) is 0 Å². The first-order valence-electron chi connectivity index (χ1n) is 12.7. The molecule has 6 rings (SSSR count). The molecule has 0 unspecified atom stereocenters. The van der Waals surface area contributed by atoms with E-state index in [1.165, 1.54) is 6.08 Å². The maximum absolute atomic E-state index is 14.2. The summed E-state index contributed by atoms with van der Waals surface area (Å²) in [6.45, 7) is 6.53. The van der Waals surface area contributed by atoms with Crippen LogP contribution < -0.4 is 0 Å². The van der Waals surface area contributed by atoms with Gasteiger partial charge in [0.15, 0.2) is 6.10 Å². The molecular weight excluding hydrogens is 488 g/mol. The highest BCUT2D eigenvalue weighted by Crippen LogP contribution is 2.77. The van der Waals surface area contributed by atoms with Crippen LogP contribution in [-0.4, -0.2) is 81.4 Å². The number of Topliss-reactive ketones (excluding diaryl/α,β-unsaturated/α-hetero) is 1. The molecule has 0 amide bonds. The monoisotopic (exact) mass is 520 g/mol. The number of epoxide rings is 1. The quantitative estimate of drug-likeness (QED) is 0.253. The molecule has 0 aromatic heterocycles. The third-order valence-electron chi connectivity index (χ3n) is 10.6. The van der Waals surface area contributed by atoms with Crippen molar-refractivity contribution in [2.24, 2.45) is 28.1 Å². The number of carbonyl (C=O) groups is 4. The first-order chi connectivity index (χ1) is 17.1. The molecule has 5 fully saturated rings. The predicted molar refractivity (Wildman–Crippen MR) is 120 cm³/mol. The van der Waals surface area contributed by atoms with E-state index in [1.54, 1.807) is 20.8 Å². The van der Waals surface area contributed by atoms with Gasteiger partial charge in [-0.25, -0.2) is 9.59 Å². The molecule has 4 aliphatic heterocycles. The summed E-state index contributed by atoms with van der Waals surface area (Å²) in [5.41, 5.74) is -6.30. The molecule has 2 aliphatic carbocycles. The average Bonchev–Trinajstić information content (AvgIpc) is 3.49. The lowest BCUT2D eigenvalue weighted by molar-refractivity contribution is -0.257. The molecule has 10 atom stereocenters. The fourth-order valence-electron chi connectivity index (χ4n) is 8.95. The van der Waals surface area contributed by atoms with Crippen molar-refractivity contribution < 1.29 is 53.4 Å². The number of hydrogen-bond donors (Lipinski definition) is 3. The van der Waals surface area contributed by atoms with Crippen molar-refractivity contribution in [2.45, 2.75) is 89.2 Å². The molecule has 0 bridgehead atoms. The van der Waals surface area contributed by atoms with E-state index in [9.17, 15) is 34.5 Å². The van der Waals surface area contributed by atoms with Gasteiger partial charge in [-0.15, -0.1) is 0 Å². The second kappa shape index (κ2) is 7.19. The van der Waals surface area contributed by atoms with Crippen LogP contribution in [0.25, 0.3) is 0 Å². The smallest absolute Gasteiger partial charge is 0.340 e. The van der Waals surface area contributed by atoms with Crippen molar-refractivity contribution in [1.82, 2.24) is 0 Å². The molecule has 202 valence electrons. The highest BCUT2D eigenvalue weighted by molar-refractivity contribution is 5.96. The number of esters is 3. The Morgan fingerprint density at radius 1 is 1.03 bits per heavy atom. The van der Waals surface area contributed by atoms with Gasteiger partial charge in [0.05, 0.1) is 29.1 Å². The fraction of sp³-hybridized carbons (Fsp3) is 0.769. The Hall–Kier alpha value is -2.34. The molecule has 0 radical (unpaired) electrons. The highest BCUT2D eigenvalue weighted by Gasteiger charge is 2.89. The van der Waals surface area contributed by atoms with Crippen LogP contribution >= 0.6 is 0 Å². The third-order valence-corrected chi connectivity index (χ3v) is 10.6. The molecule has 4 heterocycles. The fourth-order valence-corrected chi connectivity index (χ4v) is 8.95. The van der Waals surface area contributed by atoms with E-state index in [2.05, 4.69) is 0 Å². The summed E-state index contributed by atoms with van der Waals surface area (Å²) in [5.74, 6) is -3.65. The second-order valence-electron chi connectivity index (χ2n) is 12.5. The summed E-state index contributed by atoms with van der Waals surface area (Å²) in [7, 11) is 0. The SMILES string of the molecule is CC(C)(O)[C@@H]1CC(=O)[C@]2(C)[C@H](CC[C@]3(C)[C@H](C4=C[C@H](O)OC4=O)OC(=O)[C@@H]4O[C@]432)[C@@]12COC(=O)C[C@@H]2O. The zero-order valence-electron chi connectivity index (χ0n) is 21.2. The van der Waals surface area contributed by atoms with Gasteiger partial charge in [0, 0.05) is 23.2 Å². The zero-order valence-corrected chi connectivity index (χ0v) is 21.2. The summed E-state index contributed by atoms with van der Waals surface area (Å²) in [4.78, 5) is 52.0. The van der Waals surface area contributed by atoms with Crippen LogP contribution in [-0.2, 0) is 38.1 Å². The lowest BCUT2D eigenvalue weighted by Crippen LogP contribution is -2.76. The van der Waals surface area contributed by atoms with Crippen molar-refractivity contribution in [3.05, 3.63) is 11.6 Å². The van der Waals surface area contributed by atoms with Gasteiger partial charge >= 0.3 is 17.9 Å². The van der Waals surface area contributed by atoms with Gasteiger partial charge in [-0.05, 0) is 45.6 Å². The number of cyclic esters (lactones) is 3. The highest BCUT2D eigenvalue weighted by atomic mass is 16.7. The maximum Gasteiger partial charge on any atom is 0.340 e. The Labute approximate surface area is 213 Å². The van der Waals surface area contributed by atoms with Gasteiger partial charge in [-0.1, -0.05) is 6.92 Å². The minimum Gasteiger partial charge on any atom is -0.465 e. The molecule has 2 saturated carbocycles. The molecule has 2 spiro atoms. The van der Waals surface area contributed by atoms with Crippen LogP contribution in [0.15, 0.2) is 11.6 Å². The van der Waals surface area contributed by atoms with Crippen LogP contribution in [0.5, 0.6) is 0 Å². The summed E-state index contributed by atoms with van der Waals surface area (Å²) < 4.78 is 22.3. The van der Waals surface area contributed by atoms with E-state index in [0.717, 1.165) is 0 Å². The first kappa shape index (κ1) is 25.0. The molecule has 3 saturated heterocycles. The second-order valence-corrected chi connectivity index (χ2v) is 12.5. The van der Waals surface area contributed by atoms with Crippen LogP contribution in [0, 0.1) is 28.1 Å². The summed E-state index contributed by atoms with van der Waals surface area (Å²) in [6, 6.07) is 0. The molecule has 3 N–H and O–H groups in total. The lowest BCUT2D eigenvalue weighted by atomic mass is 9.36. The number of ketones is 1. The molecule has 11 nitrogen and oxygen atoms in total. The van der Waals surface area contributed by atoms with Gasteiger partial charge in [0.1, 0.15) is 24.1 Å². The number of rotatable bonds is 2. The lowest BCUT2D eigenvalue weighted by Gasteiger charge is -2.67. The van der Waals surface area contributed by atoms with Crippen molar-refractivity contribution in [3.63, 3.8) is 0 Å².